The summed E-state index contributed by atoms with van der Waals surface area (Å²) in [4.78, 5) is 40.6. The molecule has 7 nitrogen and oxygen atoms in total. The molecular formula is C26H26N4O3S. The highest BCUT2D eigenvalue weighted by Crippen LogP contribution is 2.24. The van der Waals surface area contributed by atoms with Crippen molar-refractivity contribution in [3.8, 4) is 5.69 Å². The maximum Gasteiger partial charge on any atom is 0.295 e. The highest BCUT2D eigenvalue weighted by molar-refractivity contribution is 7.14. The van der Waals surface area contributed by atoms with Gasteiger partial charge in [0.2, 0.25) is 0 Å². The first kappa shape index (κ1) is 23.3. The topological polar surface area (TPSA) is 85.1 Å². The fraction of sp³-hybridized carbons (Fsp3) is 0.192. The summed E-state index contributed by atoms with van der Waals surface area (Å²) in [6.45, 7) is 5.83. The van der Waals surface area contributed by atoms with Gasteiger partial charge in [-0.25, -0.2) is 4.68 Å². The molecule has 0 spiro atoms. The van der Waals surface area contributed by atoms with E-state index in [1.54, 1.807) is 42.9 Å². The first-order chi connectivity index (χ1) is 16.3. The van der Waals surface area contributed by atoms with Crippen molar-refractivity contribution in [2.75, 3.05) is 10.6 Å². The SMILES string of the molecule is CCc1sc(C(=O)Nc2cccc(C(=O)Nc3c(C)n(C)n(-c4ccccc4)c3=O)c2)cc1C. The number of para-hydroxylation sites is 1. The molecule has 4 aromatic rings. The Kier molecular flexibility index (Phi) is 6.51. The highest BCUT2D eigenvalue weighted by Gasteiger charge is 2.19. The van der Waals surface area contributed by atoms with Crippen LogP contribution in [0.2, 0.25) is 0 Å². The Hall–Kier alpha value is -3.91. The van der Waals surface area contributed by atoms with E-state index in [0.29, 0.717) is 27.5 Å². The molecular weight excluding hydrogens is 448 g/mol. The van der Waals surface area contributed by atoms with Gasteiger partial charge in [0, 0.05) is 23.2 Å². The molecule has 2 amide bonds. The zero-order chi connectivity index (χ0) is 24.4. The van der Waals surface area contributed by atoms with Gasteiger partial charge in [0.25, 0.3) is 17.4 Å². The number of aromatic nitrogens is 2. The summed E-state index contributed by atoms with van der Waals surface area (Å²) in [6, 6.07) is 17.8. The third kappa shape index (κ3) is 4.45. The minimum absolute atomic E-state index is 0.213. The molecule has 2 heterocycles. The zero-order valence-electron chi connectivity index (χ0n) is 19.5. The number of hydrogen-bond donors (Lipinski definition) is 2. The summed E-state index contributed by atoms with van der Waals surface area (Å²) in [5, 5.41) is 5.61. The fourth-order valence-electron chi connectivity index (χ4n) is 3.81. The Labute approximate surface area is 201 Å². The van der Waals surface area contributed by atoms with E-state index >= 15 is 0 Å². The van der Waals surface area contributed by atoms with Gasteiger partial charge in [-0.3, -0.25) is 19.1 Å². The van der Waals surface area contributed by atoms with Crippen LogP contribution in [0.1, 0.15) is 43.1 Å². The van der Waals surface area contributed by atoms with Crippen LogP contribution < -0.4 is 16.2 Å². The average molecular weight is 475 g/mol. The predicted molar refractivity (Wildman–Crippen MR) is 137 cm³/mol. The van der Waals surface area contributed by atoms with E-state index in [1.165, 1.54) is 20.9 Å². The van der Waals surface area contributed by atoms with Crippen LogP contribution in [0.5, 0.6) is 0 Å². The van der Waals surface area contributed by atoms with Gasteiger partial charge >= 0.3 is 0 Å². The summed E-state index contributed by atoms with van der Waals surface area (Å²) in [5.74, 6) is -0.641. The van der Waals surface area contributed by atoms with Crippen LogP contribution in [0.3, 0.4) is 0 Å². The summed E-state index contributed by atoms with van der Waals surface area (Å²) in [7, 11) is 1.77. The number of thiophene rings is 1. The molecule has 0 saturated heterocycles. The number of rotatable bonds is 6. The molecule has 34 heavy (non-hydrogen) atoms. The van der Waals surface area contributed by atoms with Crippen LogP contribution in [-0.4, -0.2) is 21.2 Å². The standard InChI is InChI=1S/C26H26N4O3S/c1-5-21-16(2)14-22(34-21)25(32)27-19-11-9-10-18(15-19)24(31)28-23-17(3)29(4)30(26(23)33)20-12-7-6-8-13-20/h6-15H,5H2,1-4H3,(H,27,32)(H,28,31). The number of nitrogens with one attached hydrogen (secondary N) is 2. The van der Waals surface area contributed by atoms with E-state index in [9.17, 15) is 14.4 Å². The first-order valence-corrected chi connectivity index (χ1v) is 11.8. The Morgan fingerprint density at radius 3 is 2.35 bits per heavy atom. The summed E-state index contributed by atoms with van der Waals surface area (Å²) < 4.78 is 3.21. The van der Waals surface area contributed by atoms with E-state index < -0.39 is 5.91 Å². The van der Waals surface area contributed by atoms with Crippen molar-refractivity contribution in [3.63, 3.8) is 0 Å². The lowest BCUT2D eigenvalue weighted by Crippen LogP contribution is -2.23. The molecule has 0 aliphatic rings. The number of benzene rings is 2. The molecule has 0 aliphatic heterocycles. The zero-order valence-corrected chi connectivity index (χ0v) is 20.3. The predicted octanol–water partition coefficient (Wildman–Crippen LogP) is 4.92. The van der Waals surface area contributed by atoms with E-state index in [1.807, 2.05) is 43.3 Å². The summed E-state index contributed by atoms with van der Waals surface area (Å²) in [5.41, 5.74) is 3.18. The van der Waals surface area contributed by atoms with Crippen molar-refractivity contribution < 1.29 is 9.59 Å². The monoisotopic (exact) mass is 474 g/mol. The van der Waals surface area contributed by atoms with Crippen molar-refractivity contribution in [1.29, 1.82) is 0 Å². The van der Waals surface area contributed by atoms with Gasteiger partial charge in [-0.1, -0.05) is 31.2 Å². The smallest absolute Gasteiger partial charge is 0.295 e. The molecule has 0 fully saturated rings. The minimum atomic E-state index is -0.428. The van der Waals surface area contributed by atoms with Crippen molar-refractivity contribution in [1.82, 2.24) is 9.36 Å². The number of aryl methyl sites for hydroxylation is 2. The molecule has 0 saturated carbocycles. The molecule has 0 radical (unpaired) electrons. The third-order valence-electron chi connectivity index (χ3n) is 5.74. The van der Waals surface area contributed by atoms with Crippen LogP contribution in [0.15, 0.2) is 65.5 Å². The number of anilines is 2. The maximum atomic E-state index is 13.1. The summed E-state index contributed by atoms with van der Waals surface area (Å²) in [6.07, 6.45) is 0.879. The average Bonchev–Trinajstić information content (AvgIpc) is 3.32. The van der Waals surface area contributed by atoms with E-state index in [0.717, 1.165) is 12.0 Å². The molecule has 0 unspecified atom stereocenters. The van der Waals surface area contributed by atoms with Gasteiger partial charge in [0.05, 0.1) is 16.3 Å². The second-order valence-electron chi connectivity index (χ2n) is 8.00. The van der Waals surface area contributed by atoms with Crippen LogP contribution in [0.4, 0.5) is 11.4 Å². The second kappa shape index (κ2) is 9.52. The molecule has 174 valence electrons. The van der Waals surface area contributed by atoms with Gasteiger partial charge in [0.15, 0.2) is 0 Å². The van der Waals surface area contributed by atoms with Crippen molar-refractivity contribution in [2.24, 2.45) is 7.05 Å². The number of carbonyl (C=O) groups is 2. The Bertz CT molecular complexity index is 1430. The normalized spacial score (nSPS) is 10.8. The van der Waals surface area contributed by atoms with E-state index in [2.05, 4.69) is 17.6 Å². The first-order valence-electron chi connectivity index (χ1n) is 11.0. The highest BCUT2D eigenvalue weighted by atomic mass is 32.1. The molecule has 0 aliphatic carbocycles. The van der Waals surface area contributed by atoms with Crippen LogP contribution in [-0.2, 0) is 13.5 Å². The minimum Gasteiger partial charge on any atom is -0.321 e. The van der Waals surface area contributed by atoms with Gasteiger partial charge < -0.3 is 10.6 Å². The molecule has 2 N–H and O–H groups in total. The number of carbonyl (C=O) groups excluding carboxylic acids is 2. The van der Waals surface area contributed by atoms with Gasteiger partial charge in [-0.2, -0.15) is 0 Å². The Morgan fingerprint density at radius 2 is 1.68 bits per heavy atom. The molecule has 8 heteroatoms. The quantitative estimate of drug-likeness (QED) is 0.416. The lowest BCUT2D eigenvalue weighted by molar-refractivity contribution is 0.101. The van der Waals surface area contributed by atoms with Crippen LogP contribution in [0.25, 0.3) is 5.69 Å². The largest absolute Gasteiger partial charge is 0.321 e. The molecule has 2 aromatic carbocycles. The third-order valence-corrected chi connectivity index (χ3v) is 7.12. The van der Waals surface area contributed by atoms with Crippen molar-refractivity contribution in [3.05, 3.63) is 97.6 Å². The lowest BCUT2D eigenvalue weighted by Gasteiger charge is -2.08. The molecule has 2 aromatic heterocycles. The fourth-order valence-corrected chi connectivity index (χ4v) is 4.82. The molecule has 0 bridgehead atoms. The number of hydrogen-bond acceptors (Lipinski definition) is 4. The number of nitrogens with zero attached hydrogens (tertiary/aromatic N) is 2. The molecule has 4 rings (SSSR count). The van der Waals surface area contributed by atoms with Gasteiger partial charge in [0.1, 0.15) is 5.69 Å². The summed E-state index contributed by atoms with van der Waals surface area (Å²) >= 11 is 1.47. The Balaban J connectivity index is 1.55. The van der Waals surface area contributed by atoms with E-state index in [4.69, 9.17) is 0 Å². The van der Waals surface area contributed by atoms with Gasteiger partial charge in [-0.05, 0) is 62.2 Å². The van der Waals surface area contributed by atoms with Crippen molar-refractivity contribution in [2.45, 2.75) is 27.2 Å². The lowest BCUT2D eigenvalue weighted by atomic mass is 10.1. The van der Waals surface area contributed by atoms with Crippen LogP contribution in [0, 0.1) is 13.8 Å². The Morgan fingerprint density at radius 1 is 0.941 bits per heavy atom. The number of amides is 2. The second-order valence-corrected chi connectivity index (χ2v) is 9.13. The molecule has 0 atom stereocenters. The van der Waals surface area contributed by atoms with Gasteiger partial charge in [-0.15, -0.1) is 11.3 Å². The van der Waals surface area contributed by atoms with E-state index in [-0.39, 0.29) is 17.2 Å². The van der Waals surface area contributed by atoms with Crippen molar-refractivity contribution >= 4 is 34.5 Å². The maximum absolute atomic E-state index is 13.1. The van der Waals surface area contributed by atoms with Crippen LogP contribution >= 0.6 is 11.3 Å².